The fourth-order valence-corrected chi connectivity index (χ4v) is 0.974. The molecule has 0 aliphatic rings. The zero-order valence-corrected chi connectivity index (χ0v) is 9.54. The number of rotatable bonds is 9. The highest BCUT2D eigenvalue weighted by Gasteiger charge is 1.99. The summed E-state index contributed by atoms with van der Waals surface area (Å²) in [5.41, 5.74) is 0. The van der Waals surface area contributed by atoms with Crippen molar-refractivity contribution in [1.82, 2.24) is 0 Å². The molecule has 0 radical (unpaired) electrons. The van der Waals surface area contributed by atoms with Gasteiger partial charge in [0.15, 0.2) is 5.78 Å². The molecule has 0 aliphatic heterocycles. The standard InChI is InChI=1S/C11H22O3/c1-4-5-11(12)9-14-7-6-13-8-10(2)3/h10H,4-9H2,1-3H3. The molecule has 0 bridgehead atoms. The molecule has 0 aromatic carbocycles. The van der Waals surface area contributed by atoms with Gasteiger partial charge in [-0.05, 0) is 12.3 Å². The van der Waals surface area contributed by atoms with E-state index < -0.39 is 0 Å². The molecule has 0 aromatic heterocycles. The first kappa shape index (κ1) is 13.6. The lowest BCUT2D eigenvalue weighted by Crippen LogP contribution is -2.13. The van der Waals surface area contributed by atoms with Gasteiger partial charge in [-0.1, -0.05) is 20.8 Å². The molecular formula is C11H22O3. The highest BCUT2D eigenvalue weighted by molar-refractivity contribution is 5.79. The van der Waals surface area contributed by atoms with Crippen molar-refractivity contribution in [3.05, 3.63) is 0 Å². The summed E-state index contributed by atoms with van der Waals surface area (Å²) in [4.78, 5) is 11.0. The van der Waals surface area contributed by atoms with Gasteiger partial charge in [0.05, 0.1) is 13.2 Å². The molecule has 0 heterocycles. The first-order chi connectivity index (χ1) is 6.66. The summed E-state index contributed by atoms with van der Waals surface area (Å²) in [6.07, 6.45) is 1.51. The van der Waals surface area contributed by atoms with Gasteiger partial charge in [-0.3, -0.25) is 4.79 Å². The number of carbonyl (C=O) groups is 1. The molecule has 0 fully saturated rings. The van der Waals surface area contributed by atoms with Crippen molar-refractivity contribution in [2.75, 3.05) is 26.4 Å². The summed E-state index contributed by atoms with van der Waals surface area (Å²) in [7, 11) is 0. The number of Topliss-reactive ketones (excluding diaryl/α,β-unsaturated/α-hetero) is 1. The molecule has 0 saturated heterocycles. The lowest BCUT2D eigenvalue weighted by atomic mass is 10.2. The van der Waals surface area contributed by atoms with Crippen molar-refractivity contribution in [2.24, 2.45) is 5.92 Å². The van der Waals surface area contributed by atoms with E-state index in [0.717, 1.165) is 13.0 Å². The van der Waals surface area contributed by atoms with E-state index >= 15 is 0 Å². The van der Waals surface area contributed by atoms with E-state index in [4.69, 9.17) is 9.47 Å². The number of ketones is 1. The van der Waals surface area contributed by atoms with Gasteiger partial charge in [-0.15, -0.1) is 0 Å². The average Bonchev–Trinajstić information content (AvgIpc) is 2.11. The van der Waals surface area contributed by atoms with Crippen LogP contribution in [0.1, 0.15) is 33.6 Å². The predicted octanol–water partition coefficient (Wildman–Crippen LogP) is 2.04. The van der Waals surface area contributed by atoms with Gasteiger partial charge >= 0.3 is 0 Å². The molecule has 0 atom stereocenters. The maximum Gasteiger partial charge on any atom is 0.158 e. The van der Waals surface area contributed by atoms with Crippen molar-refractivity contribution in [2.45, 2.75) is 33.6 Å². The van der Waals surface area contributed by atoms with Gasteiger partial charge < -0.3 is 9.47 Å². The number of carbonyl (C=O) groups excluding carboxylic acids is 1. The summed E-state index contributed by atoms with van der Waals surface area (Å²) in [6.45, 7) is 8.28. The van der Waals surface area contributed by atoms with Gasteiger partial charge in [-0.2, -0.15) is 0 Å². The molecule has 3 nitrogen and oxygen atoms in total. The first-order valence-electron chi connectivity index (χ1n) is 5.34. The minimum absolute atomic E-state index is 0.177. The smallest absolute Gasteiger partial charge is 0.158 e. The van der Waals surface area contributed by atoms with Crippen LogP contribution in [-0.4, -0.2) is 32.2 Å². The van der Waals surface area contributed by atoms with Gasteiger partial charge in [0.1, 0.15) is 6.61 Å². The third-order valence-electron chi connectivity index (χ3n) is 1.62. The van der Waals surface area contributed by atoms with Gasteiger partial charge in [0.2, 0.25) is 0 Å². The van der Waals surface area contributed by atoms with E-state index in [1.807, 2.05) is 6.92 Å². The fraction of sp³-hybridized carbons (Fsp3) is 0.909. The monoisotopic (exact) mass is 202 g/mol. The SMILES string of the molecule is CCCC(=O)COCCOCC(C)C. The first-order valence-corrected chi connectivity index (χ1v) is 5.34. The summed E-state index contributed by atoms with van der Waals surface area (Å²) in [6, 6.07) is 0. The molecule has 0 amide bonds. The van der Waals surface area contributed by atoms with Crippen LogP contribution in [0.5, 0.6) is 0 Å². The van der Waals surface area contributed by atoms with E-state index in [-0.39, 0.29) is 12.4 Å². The molecule has 0 aromatic rings. The van der Waals surface area contributed by atoms with Gasteiger partial charge in [-0.25, -0.2) is 0 Å². The number of ether oxygens (including phenoxy) is 2. The Morgan fingerprint density at radius 1 is 1.21 bits per heavy atom. The lowest BCUT2D eigenvalue weighted by Gasteiger charge is -2.06. The third kappa shape index (κ3) is 9.68. The molecule has 0 N–H and O–H groups in total. The van der Waals surface area contributed by atoms with Crippen LogP contribution in [0.4, 0.5) is 0 Å². The Bertz CT molecular complexity index is 143. The van der Waals surface area contributed by atoms with Crippen LogP contribution >= 0.6 is 0 Å². The van der Waals surface area contributed by atoms with E-state index in [2.05, 4.69) is 13.8 Å². The Morgan fingerprint density at radius 3 is 2.43 bits per heavy atom. The molecule has 0 rings (SSSR count). The summed E-state index contributed by atoms with van der Waals surface area (Å²) < 4.78 is 10.5. The summed E-state index contributed by atoms with van der Waals surface area (Å²) in [5.74, 6) is 0.730. The second-order valence-corrected chi connectivity index (χ2v) is 3.81. The summed E-state index contributed by atoms with van der Waals surface area (Å²) >= 11 is 0. The van der Waals surface area contributed by atoms with E-state index in [0.29, 0.717) is 25.6 Å². The van der Waals surface area contributed by atoms with Gasteiger partial charge in [0.25, 0.3) is 0 Å². The minimum Gasteiger partial charge on any atom is -0.379 e. The quantitative estimate of drug-likeness (QED) is 0.537. The molecule has 14 heavy (non-hydrogen) atoms. The number of hydrogen-bond donors (Lipinski definition) is 0. The Kier molecular flexibility index (Phi) is 8.89. The summed E-state index contributed by atoms with van der Waals surface area (Å²) in [5, 5.41) is 0. The van der Waals surface area contributed by atoms with E-state index in [1.165, 1.54) is 0 Å². The van der Waals surface area contributed by atoms with Crippen molar-refractivity contribution < 1.29 is 14.3 Å². The third-order valence-corrected chi connectivity index (χ3v) is 1.62. The Labute approximate surface area is 86.8 Å². The zero-order valence-electron chi connectivity index (χ0n) is 9.54. The Balaban J connectivity index is 3.09. The highest BCUT2D eigenvalue weighted by atomic mass is 16.5. The molecule has 0 unspecified atom stereocenters. The largest absolute Gasteiger partial charge is 0.379 e. The van der Waals surface area contributed by atoms with Crippen LogP contribution in [0.15, 0.2) is 0 Å². The van der Waals surface area contributed by atoms with E-state index in [9.17, 15) is 4.79 Å². The van der Waals surface area contributed by atoms with Crippen molar-refractivity contribution in [3.8, 4) is 0 Å². The van der Waals surface area contributed by atoms with Crippen LogP contribution in [0.2, 0.25) is 0 Å². The minimum atomic E-state index is 0.177. The molecule has 84 valence electrons. The van der Waals surface area contributed by atoms with Crippen LogP contribution in [0, 0.1) is 5.92 Å². The van der Waals surface area contributed by atoms with Crippen LogP contribution in [0.25, 0.3) is 0 Å². The normalized spacial score (nSPS) is 10.9. The maximum atomic E-state index is 11.0. The highest BCUT2D eigenvalue weighted by Crippen LogP contribution is 1.93. The van der Waals surface area contributed by atoms with Crippen LogP contribution in [0.3, 0.4) is 0 Å². The van der Waals surface area contributed by atoms with Crippen LogP contribution < -0.4 is 0 Å². The van der Waals surface area contributed by atoms with Crippen LogP contribution in [-0.2, 0) is 14.3 Å². The van der Waals surface area contributed by atoms with Gasteiger partial charge in [0, 0.05) is 13.0 Å². The second kappa shape index (κ2) is 9.16. The van der Waals surface area contributed by atoms with Crippen molar-refractivity contribution in [3.63, 3.8) is 0 Å². The molecule has 0 saturated carbocycles. The Hall–Kier alpha value is -0.410. The molecule has 0 spiro atoms. The lowest BCUT2D eigenvalue weighted by molar-refractivity contribution is -0.124. The number of hydrogen-bond acceptors (Lipinski definition) is 3. The molecular weight excluding hydrogens is 180 g/mol. The maximum absolute atomic E-state index is 11.0. The van der Waals surface area contributed by atoms with E-state index in [1.54, 1.807) is 0 Å². The zero-order chi connectivity index (χ0) is 10.8. The average molecular weight is 202 g/mol. The van der Waals surface area contributed by atoms with Crippen molar-refractivity contribution in [1.29, 1.82) is 0 Å². The fourth-order valence-electron chi connectivity index (χ4n) is 0.974. The molecule has 0 aliphatic carbocycles. The topological polar surface area (TPSA) is 35.5 Å². The molecule has 3 heteroatoms. The Morgan fingerprint density at radius 2 is 1.86 bits per heavy atom. The second-order valence-electron chi connectivity index (χ2n) is 3.81. The van der Waals surface area contributed by atoms with Crippen molar-refractivity contribution >= 4 is 5.78 Å². The predicted molar refractivity (Wildman–Crippen MR) is 56.4 cm³/mol.